The zero-order valence-corrected chi connectivity index (χ0v) is 32.8. The quantitative estimate of drug-likeness (QED) is 0.0379. The second-order valence-corrected chi connectivity index (χ2v) is 14.0. The molecule has 0 aromatic carbocycles. The zero-order valence-electron chi connectivity index (χ0n) is 31.7. The van der Waals surface area contributed by atoms with Crippen molar-refractivity contribution in [3.8, 4) is 0 Å². The van der Waals surface area contributed by atoms with Gasteiger partial charge >= 0.3 is 45.6 Å². The van der Waals surface area contributed by atoms with Crippen LogP contribution in [0, 0.1) is 11.8 Å². The Morgan fingerprint density at radius 2 is 0.628 bits per heavy atom. The average molecular weight is 663 g/mol. The molecule has 0 unspecified atom stereocenters. The molecule has 43 heavy (non-hydrogen) atoms. The minimum Gasteiger partial charge on any atom is -1.00 e. The summed E-state index contributed by atoms with van der Waals surface area (Å²) in [5, 5.41) is 0. The molecule has 3 N–H and O–H groups in total. The van der Waals surface area contributed by atoms with Gasteiger partial charge in [-0.05, 0) is 37.5 Å². The fourth-order valence-corrected chi connectivity index (χ4v) is 5.88. The van der Waals surface area contributed by atoms with Gasteiger partial charge in [-0.3, -0.25) is 0 Å². The fourth-order valence-electron chi connectivity index (χ4n) is 5.88. The first-order chi connectivity index (χ1) is 20.3. The van der Waals surface area contributed by atoms with E-state index in [-0.39, 0.29) is 40.6 Å². The Morgan fingerprint density at radius 3 is 0.837 bits per heavy atom. The standard InChI is InChI=1S/C36H74O.Ca.H3O4P.2H/c1-5-9-13-17-21-25-29-35(30-26-22-18-14-10-6-2)33-37-34-36(31-27-23-19-15-11-7-3)32-28-24-20-16-12-8-4;;1-5(2,3)4;;/h35-36H,5-34H2,1-4H3;;(H3,1,2,3,4);;/q;+2;;2*-1. The van der Waals surface area contributed by atoms with Crippen molar-refractivity contribution in [1.29, 1.82) is 0 Å². The normalized spacial score (nSPS) is 11.6. The molecule has 0 rings (SSSR count). The number of ether oxygens (including phenoxy) is 1. The van der Waals surface area contributed by atoms with Gasteiger partial charge in [-0.1, -0.05) is 182 Å². The molecule has 7 heteroatoms. The van der Waals surface area contributed by atoms with Crippen LogP contribution < -0.4 is 0 Å². The van der Waals surface area contributed by atoms with E-state index in [2.05, 4.69) is 27.7 Å². The molecule has 0 saturated heterocycles. The SMILES string of the molecule is CCCCCCCCC(CCCCCCCC)COCC(CCCCCCCC)CCCCCCCC.O=P(O)(O)O.[Ca+2].[H-].[H-]. The maximum atomic E-state index is 8.88. The Kier molecular flexibility index (Phi) is 44.8. The van der Waals surface area contributed by atoms with E-state index < -0.39 is 7.82 Å². The van der Waals surface area contributed by atoms with E-state index in [0.717, 1.165) is 25.0 Å². The Morgan fingerprint density at radius 1 is 0.442 bits per heavy atom. The molecule has 0 fully saturated rings. The molecule has 0 atom stereocenters. The molecule has 0 amide bonds. The molecular weight excluding hydrogens is 583 g/mol. The summed E-state index contributed by atoms with van der Waals surface area (Å²) in [5.74, 6) is 1.61. The van der Waals surface area contributed by atoms with Crippen LogP contribution in [0.1, 0.15) is 210 Å². The molecule has 0 aliphatic rings. The predicted molar refractivity (Wildman–Crippen MR) is 192 cm³/mol. The van der Waals surface area contributed by atoms with E-state index in [0.29, 0.717) is 0 Å². The Bertz CT molecular complexity index is 481. The van der Waals surface area contributed by atoms with E-state index >= 15 is 0 Å². The number of hydrogen-bond acceptors (Lipinski definition) is 2. The third-order valence-electron chi connectivity index (χ3n) is 8.57. The molecule has 0 aliphatic carbocycles. The van der Waals surface area contributed by atoms with Gasteiger partial charge in [0.25, 0.3) is 0 Å². The third kappa shape index (κ3) is 47.8. The summed E-state index contributed by atoms with van der Waals surface area (Å²) < 4.78 is 15.4. The van der Waals surface area contributed by atoms with Gasteiger partial charge < -0.3 is 22.3 Å². The summed E-state index contributed by atoms with van der Waals surface area (Å²) in [6.45, 7) is 11.3. The van der Waals surface area contributed by atoms with Crippen molar-refractivity contribution >= 4 is 45.6 Å². The molecule has 0 aromatic heterocycles. The number of hydrogen-bond donors (Lipinski definition) is 3. The van der Waals surface area contributed by atoms with E-state index in [1.165, 1.54) is 180 Å². The molecule has 0 radical (unpaired) electrons. The summed E-state index contributed by atoms with van der Waals surface area (Å²) in [7, 11) is -4.64. The molecule has 5 nitrogen and oxygen atoms in total. The largest absolute Gasteiger partial charge is 2.00 e. The first-order valence-electron chi connectivity index (χ1n) is 18.6. The molecule has 0 saturated carbocycles. The van der Waals surface area contributed by atoms with Gasteiger partial charge in [-0.25, -0.2) is 4.57 Å². The first kappa shape index (κ1) is 48.7. The van der Waals surface area contributed by atoms with Crippen LogP contribution in [-0.4, -0.2) is 65.6 Å². The summed E-state index contributed by atoms with van der Waals surface area (Å²) in [6, 6.07) is 0. The van der Waals surface area contributed by atoms with Gasteiger partial charge in [-0.15, -0.1) is 0 Å². The monoisotopic (exact) mass is 663 g/mol. The van der Waals surface area contributed by atoms with Gasteiger partial charge in [0.15, 0.2) is 0 Å². The second-order valence-electron chi connectivity index (χ2n) is 13.0. The molecule has 0 spiro atoms. The van der Waals surface area contributed by atoms with Gasteiger partial charge in [0.1, 0.15) is 0 Å². The van der Waals surface area contributed by atoms with Crippen LogP contribution in [-0.2, 0) is 9.30 Å². The smallest absolute Gasteiger partial charge is 1.00 e. The van der Waals surface area contributed by atoms with Gasteiger partial charge in [0.2, 0.25) is 0 Å². The zero-order chi connectivity index (χ0) is 31.6. The second kappa shape index (κ2) is 39.5. The van der Waals surface area contributed by atoms with E-state index in [1.54, 1.807) is 0 Å². The molecule has 260 valence electrons. The third-order valence-corrected chi connectivity index (χ3v) is 8.57. The number of phosphoric acid groups is 1. The van der Waals surface area contributed by atoms with Crippen LogP contribution in [0.4, 0.5) is 0 Å². The van der Waals surface area contributed by atoms with Crippen LogP contribution in [0.2, 0.25) is 0 Å². The molecular formula is C36H79CaO5P. The molecule has 0 heterocycles. The summed E-state index contributed by atoms with van der Waals surface area (Å²) in [6.07, 6.45) is 39.7. The topological polar surface area (TPSA) is 87.0 Å². The fraction of sp³-hybridized carbons (Fsp3) is 1.00. The maximum Gasteiger partial charge on any atom is 2.00 e. The molecule has 0 aliphatic heterocycles. The minimum atomic E-state index is -4.64. The van der Waals surface area contributed by atoms with Crippen LogP contribution in [0.15, 0.2) is 0 Å². The Balaban J connectivity index is -0.000000613. The summed E-state index contributed by atoms with van der Waals surface area (Å²) in [4.78, 5) is 21.6. The van der Waals surface area contributed by atoms with Gasteiger partial charge in [-0.2, -0.15) is 0 Å². The van der Waals surface area contributed by atoms with Gasteiger partial charge in [0.05, 0.1) is 0 Å². The van der Waals surface area contributed by atoms with Crippen LogP contribution in [0.5, 0.6) is 0 Å². The van der Waals surface area contributed by atoms with Crippen molar-refractivity contribution in [3.63, 3.8) is 0 Å². The Hall–Kier alpha value is 1.33. The molecule has 0 aromatic rings. The van der Waals surface area contributed by atoms with Crippen LogP contribution >= 0.6 is 7.82 Å². The van der Waals surface area contributed by atoms with Crippen molar-refractivity contribution in [2.75, 3.05) is 13.2 Å². The van der Waals surface area contributed by atoms with Crippen molar-refractivity contribution < 1.29 is 26.8 Å². The summed E-state index contributed by atoms with van der Waals surface area (Å²) in [5.41, 5.74) is 0. The Labute approximate surface area is 303 Å². The minimum absolute atomic E-state index is 0. The van der Waals surface area contributed by atoms with Crippen LogP contribution in [0.3, 0.4) is 0 Å². The summed E-state index contributed by atoms with van der Waals surface area (Å²) >= 11 is 0. The number of rotatable bonds is 32. The number of unbranched alkanes of at least 4 members (excludes halogenated alkanes) is 20. The van der Waals surface area contributed by atoms with E-state index in [4.69, 9.17) is 24.0 Å². The van der Waals surface area contributed by atoms with Gasteiger partial charge in [0, 0.05) is 13.2 Å². The van der Waals surface area contributed by atoms with E-state index in [9.17, 15) is 0 Å². The van der Waals surface area contributed by atoms with Crippen molar-refractivity contribution in [2.45, 2.75) is 207 Å². The molecule has 0 bridgehead atoms. The van der Waals surface area contributed by atoms with Crippen molar-refractivity contribution in [1.82, 2.24) is 0 Å². The van der Waals surface area contributed by atoms with Crippen molar-refractivity contribution in [2.24, 2.45) is 11.8 Å². The van der Waals surface area contributed by atoms with Crippen molar-refractivity contribution in [3.05, 3.63) is 0 Å². The van der Waals surface area contributed by atoms with Crippen LogP contribution in [0.25, 0.3) is 0 Å². The van der Waals surface area contributed by atoms with E-state index in [1.807, 2.05) is 0 Å². The first-order valence-corrected chi connectivity index (χ1v) is 20.2. The average Bonchev–Trinajstić information content (AvgIpc) is 2.94. The maximum absolute atomic E-state index is 8.88. The predicted octanol–water partition coefficient (Wildman–Crippen LogP) is 12.2.